The van der Waals surface area contributed by atoms with E-state index in [1.807, 2.05) is 42.0 Å². The van der Waals surface area contributed by atoms with Gasteiger partial charge in [0.2, 0.25) is 0 Å². The number of nitrogens with zero attached hydrogens (tertiary/aromatic N) is 2. The number of hydrogen-bond donors (Lipinski definition) is 1. The summed E-state index contributed by atoms with van der Waals surface area (Å²) < 4.78 is 1.95. The Morgan fingerprint density at radius 2 is 2.17 bits per heavy atom. The highest BCUT2D eigenvalue weighted by Crippen LogP contribution is 2.27. The first kappa shape index (κ1) is 16.1. The second-order valence-electron chi connectivity index (χ2n) is 5.47. The van der Waals surface area contributed by atoms with Crippen LogP contribution in [-0.2, 0) is 0 Å². The Bertz CT molecular complexity index is 866. The van der Waals surface area contributed by atoms with Gasteiger partial charge in [-0.1, -0.05) is 17.8 Å². The molecule has 0 saturated heterocycles. The van der Waals surface area contributed by atoms with E-state index in [1.165, 1.54) is 27.1 Å². The third kappa shape index (κ3) is 3.01. The van der Waals surface area contributed by atoms with Crippen LogP contribution in [0.15, 0.2) is 35.6 Å². The smallest absolute Gasteiger partial charge is 0.272 e. The molecule has 1 atom stereocenters. The second-order valence-corrected chi connectivity index (χ2v) is 7.70. The van der Waals surface area contributed by atoms with Crippen LogP contribution in [0.1, 0.15) is 38.8 Å². The molecule has 3 aromatic heterocycles. The molecule has 120 valence electrons. The molecule has 0 spiro atoms. The average molecular weight is 345 g/mol. The normalized spacial score (nSPS) is 12.5. The number of fused-ring (bicyclic) bond motifs is 1. The van der Waals surface area contributed by atoms with E-state index < -0.39 is 0 Å². The van der Waals surface area contributed by atoms with Crippen molar-refractivity contribution in [2.75, 3.05) is 6.26 Å². The fraction of sp³-hybridized carbons (Fsp3) is 0.294. The van der Waals surface area contributed by atoms with Crippen molar-refractivity contribution in [2.45, 2.75) is 32.0 Å². The standard InChI is InChI=1S/C17H19N3OS2/c1-10-9-13(12(3)23-10)11(2)18-16(21)15-14-7-5-6-8-20(14)17(19-15)22-4/h5-9,11H,1-4H3,(H,18,21). The average Bonchev–Trinajstić information content (AvgIpc) is 3.07. The number of aryl methyl sites for hydroxylation is 2. The maximum absolute atomic E-state index is 12.7. The minimum absolute atomic E-state index is 0.0364. The van der Waals surface area contributed by atoms with Gasteiger partial charge in [0.05, 0.1) is 11.6 Å². The van der Waals surface area contributed by atoms with E-state index in [4.69, 9.17) is 0 Å². The van der Waals surface area contributed by atoms with Gasteiger partial charge in [-0.3, -0.25) is 9.20 Å². The lowest BCUT2D eigenvalue weighted by atomic mass is 10.1. The Hall–Kier alpha value is -1.79. The van der Waals surface area contributed by atoms with Gasteiger partial charge >= 0.3 is 0 Å². The summed E-state index contributed by atoms with van der Waals surface area (Å²) in [6.45, 7) is 6.19. The number of carbonyl (C=O) groups is 1. The topological polar surface area (TPSA) is 46.4 Å². The molecule has 0 radical (unpaired) electrons. The van der Waals surface area contributed by atoms with Crippen molar-refractivity contribution < 1.29 is 4.79 Å². The molecule has 0 aliphatic rings. The van der Waals surface area contributed by atoms with Crippen LogP contribution in [-0.4, -0.2) is 21.5 Å². The van der Waals surface area contributed by atoms with Gasteiger partial charge in [-0.15, -0.1) is 11.3 Å². The molecule has 0 aromatic carbocycles. The molecule has 4 nitrogen and oxygen atoms in total. The number of carbonyl (C=O) groups excluding carboxylic acids is 1. The third-order valence-corrected chi connectivity index (χ3v) is 5.44. The maximum atomic E-state index is 12.7. The Kier molecular flexibility index (Phi) is 4.46. The van der Waals surface area contributed by atoms with Gasteiger partial charge in [0.15, 0.2) is 10.9 Å². The van der Waals surface area contributed by atoms with E-state index in [2.05, 4.69) is 30.2 Å². The summed E-state index contributed by atoms with van der Waals surface area (Å²) in [5.41, 5.74) is 2.49. The van der Waals surface area contributed by atoms with Crippen LogP contribution in [0.5, 0.6) is 0 Å². The molecular weight excluding hydrogens is 326 g/mol. The number of aromatic nitrogens is 2. The zero-order chi connectivity index (χ0) is 16.6. The van der Waals surface area contributed by atoms with Crippen molar-refractivity contribution in [3.8, 4) is 0 Å². The molecule has 3 aromatic rings. The van der Waals surface area contributed by atoms with E-state index in [1.54, 1.807) is 11.3 Å². The van der Waals surface area contributed by atoms with Crippen LogP contribution in [0.4, 0.5) is 0 Å². The lowest BCUT2D eigenvalue weighted by molar-refractivity contribution is 0.0936. The Morgan fingerprint density at radius 1 is 1.39 bits per heavy atom. The summed E-state index contributed by atoms with van der Waals surface area (Å²) in [4.78, 5) is 19.7. The van der Waals surface area contributed by atoms with Crippen LogP contribution < -0.4 is 5.32 Å². The van der Waals surface area contributed by atoms with E-state index >= 15 is 0 Å². The van der Waals surface area contributed by atoms with E-state index in [0.717, 1.165) is 10.7 Å². The molecule has 3 heterocycles. The summed E-state index contributed by atoms with van der Waals surface area (Å²) in [6.07, 6.45) is 3.89. The summed E-state index contributed by atoms with van der Waals surface area (Å²) in [7, 11) is 0. The number of imidazole rings is 1. The fourth-order valence-corrected chi connectivity index (χ4v) is 4.30. The molecule has 0 aliphatic heterocycles. The van der Waals surface area contributed by atoms with E-state index in [0.29, 0.717) is 5.69 Å². The first-order valence-corrected chi connectivity index (χ1v) is 9.44. The van der Waals surface area contributed by atoms with Gasteiger partial charge in [0, 0.05) is 16.0 Å². The molecule has 0 saturated carbocycles. The van der Waals surface area contributed by atoms with Gasteiger partial charge in [-0.05, 0) is 50.8 Å². The molecule has 0 aliphatic carbocycles. The largest absolute Gasteiger partial charge is 0.344 e. The van der Waals surface area contributed by atoms with E-state index in [9.17, 15) is 4.79 Å². The number of rotatable bonds is 4. The zero-order valence-electron chi connectivity index (χ0n) is 13.6. The fourth-order valence-electron chi connectivity index (χ4n) is 2.74. The van der Waals surface area contributed by atoms with Crippen LogP contribution in [0.2, 0.25) is 0 Å². The summed E-state index contributed by atoms with van der Waals surface area (Å²) in [5, 5.41) is 3.90. The van der Waals surface area contributed by atoms with Gasteiger partial charge in [-0.2, -0.15) is 0 Å². The van der Waals surface area contributed by atoms with Crippen molar-refractivity contribution in [1.29, 1.82) is 0 Å². The molecule has 1 unspecified atom stereocenters. The molecule has 1 N–H and O–H groups in total. The lowest BCUT2D eigenvalue weighted by Crippen LogP contribution is -2.27. The minimum atomic E-state index is -0.134. The minimum Gasteiger partial charge on any atom is -0.344 e. The number of thiophene rings is 1. The second kappa shape index (κ2) is 6.37. The Morgan fingerprint density at radius 3 is 2.83 bits per heavy atom. The molecule has 6 heteroatoms. The van der Waals surface area contributed by atoms with Crippen molar-refractivity contribution in [2.24, 2.45) is 0 Å². The third-order valence-electron chi connectivity index (χ3n) is 3.81. The molecule has 0 bridgehead atoms. The number of nitrogens with one attached hydrogen (secondary N) is 1. The van der Waals surface area contributed by atoms with Crippen molar-refractivity contribution in [3.63, 3.8) is 0 Å². The van der Waals surface area contributed by atoms with E-state index in [-0.39, 0.29) is 11.9 Å². The highest BCUT2D eigenvalue weighted by atomic mass is 32.2. The molecule has 23 heavy (non-hydrogen) atoms. The van der Waals surface area contributed by atoms with Crippen LogP contribution in [0.3, 0.4) is 0 Å². The number of hydrogen-bond acceptors (Lipinski definition) is 4. The van der Waals surface area contributed by atoms with Crippen molar-refractivity contribution in [3.05, 3.63) is 51.5 Å². The molecular formula is C17H19N3OS2. The number of amides is 1. The van der Waals surface area contributed by atoms with Gasteiger partial charge in [-0.25, -0.2) is 4.98 Å². The number of thioether (sulfide) groups is 1. The molecule has 1 amide bonds. The molecule has 0 fully saturated rings. The highest BCUT2D eigenvalue weighted by Gasteiger charge is 2.20. The zero-order valence-corrected chi connectivity index (χ0v) is 15.2. The van der Waals surface area contributed by atoms with Gasteiger partial charge in [0.25, 0.3) is 5.91 Å². The maximum Gasteiger partial charge on any atom is 0.272 e. The predicted molar refractivity (Wildman–Crippen MR) is 96.6 cm³/mol. The van der Waals surface area contributed by atoms with Crippen LogP contribution >= 0.6 is 23.1 Å². The Labute approximate surface area is 143 Å². The van der Waals surface area contributed by atoms with Gasteiger partial charge < -0.3 is 5.32 Å². The number of pyridine rings is 1. The summed E-state index contributed by atoms with van der Waals surface area (Å²) in [6, 6.07) is 7.89. The summed E-state index contributed by atoms with van der Waals surface area (Å²) >= 11 is 3.29. The first-order valence-electron chi connectivity index (χ1n) is 7.40. The SMILES string of the molecule is CSc1nc(C(=O)NC(C)c2cc(C)sc2C)c2ccccn12. The van der Waals surface area contributed by atoms with Crippen LogP contribution in [0.25, 0.3) is 5.52 Å². The monoisotopic (exact) mass is 345 g/mol. The predicted octanol–water partition coefficient (Wildman–Crippen LogP) is 4.23. The van der Waals surface area contributed by atoms with Gasteiger partial charge in [0.1, 0.15) is 0 Å². The quantitative estimate of drug-likeness (QED) is 0.720. The van der Waals surface area contributed by atoms with Crippen molar-refractivity contribution in [1.82, 2.24) is 14.7 Å². The van der Waals surface area contributed by atoms with Crippen LogP contribution in [0, 0.1) is 13.8 Å². The lowest BCUT2D eigenvalue weighted by Gasteiger charge is -2.13. The molecule has 3 rings (SSSR count). The first-order chi connectivity index (χ1) is 11.0. The summed E-state index contributed by atoms with van der Waals surface area (Å²) in [5.74, 6) is -0.134. The Balaban J connectivity index is 1.90. The highest BCUT2D eigenvalue weighted by molar-refractivity contribution is 7.98. The van der Waals surface area contributed by atoms with Crippen molar-refractivity contribution >= 4 is 34.5 Å².